The summed E-state index contributed by atoms with van der Waals surface area (Å²) in [6, 6.07) is 16.8. The third-order valence-electron chi connectivity index (χ3n) is 4.34. The molecule has 5 nitrogen and oxygen atoms in total. The lowest BCUT2D eigenvalue weighted by Gasteiger charge is -2.08. The number of carbonyl (C=O) groups is 1. The van der Waals surface area contributed by atoms with Gasteiger partial charge in [0.15, 0.2) is 11.5 Å². The SMILES string of the molecule is CCOc1c(Cl)cc(C=NNC(=O)c2cc3c(ccc4ccccc43)o2)cc1Cl. The first-order valence-corrected chi connectivity index (χ1v) is 9.69. The zero-order valence-electron chi connectivity index (χ0n) is 15.4. The fraction of sp³-hybridized carbons (Fsp3) is 0.0909. The molecule has 0 radical (unpaired) electrons. The van der Waals surface area contributed by atoms with Crippen LogP contribution in [0.15, 0.2) is 64.1 Å². The fourth-order valence-electron chi connectivity index (χ4n) is 3.06. The van der Waals surface area contributed by atoms with Crippen LogP contribution in [0.1, 0.15) is 23.0 Å². The molecule has 29 heavy (non-hydrogen) atoms. The minimum Gasteiger partial charge on any atom is -0.491 e. The number of amides is 1. The summed E-state index contributed by atoms with van der Waals surface area (Å²) in [5.41, 5.74) is 3.72. The molecular formula is C22H16Cl2N2O3. The standard InChI is InChI=1S/C22H16Cl2N2O3/c1-2-28-21-17(23)9-13(10-18(21)24)12-25-26-22(27)20-11-16-15-6-4-3-5-14(15)7-8-19(16)29-20/h3-12H,2H2,1H3,(H,26,27). The van der Waals surface area contributed by atoms with Gasteiger partial charge in [0.1, 0.15) is 5.58 Å². The lowest BCUT2D eigenvalue weighted by atomic mass is 10.1. The van der Waals surface area contributed by atoms with Gasteiger partial charge in [0.2, 0.25) is 0 Å². The fourth-order valence-corrected chi connectivity index (χ4v) is 3.67. The number of benzene rings is 3. The lowest BCUT2D eigenvalue weighted by molar-refractivity contribution is 0.0929. The molecule has 0 aliphatic heterocycles. The number of rotatable bonds is 5. The van der Waals surface area contributed by atoms with E-state index in [1.54, 1.807) is 18.2 Å². The topological polar surface area (TPSA) is 63.8 Å². The molecule has 0 aliphatic carbocycles. The van der Waals surface area contributed by atoms with E-state index in [1.807, 2.05) is 43.3 Å². The Morgan fingerprint density at radius 1 is 1.10 bits per heavy atom. The Morgan fingerprint density at radius 2 is 1.86 bits per heavy atom. The van der Waals surface area contributed by atoms with Gasteiger partial charge in [-0.15, -0.1) is 0 Å². The zero-order chi connectivity index (χ0) is 20.4. The Bertz CT molecular complexity index is 1220. The van der Waals surface area contributed by atoms with E-state index in [0.29, 0.717) is 33.5 Å². The molecule has 1 N–H and O–H groups in total. The number of fused-ring (bicyclic) bond motifs is 3. The monoisotopic (exact) mass is 426 g/mol. The zero-order valence-corrected chi connectivity index (χ0v) is 16.9. The molecule has 0 saturated heterocycles. The third-order valence-corrected chi connectivity index (χ3v) is 4.90. The highest BCUT2D eigenvalue weighted by atomic mass is 35.5. The van der Waals surface area contributed by atoms with Gasteiger partial charge >= 0.3 is 5.91 Å². The first-order chi connectivity index (χ1) is 14.1. The van der Waals surface area contributed by atoms with Crippen LogP contribution in [-0.4, -0.2) is 18.7 Å². The Kier molecular flexibility index (Phi) is 5.43. The Morgan fingerprint density at radius 3 is 2.62 bits per heavy atom. The van der Waals surface area contributed by atoms with Crippen LogP contribution in [0.5, 0.6) is 5.75 Å². The average Bonchev–Trinajstić information content (AvgIpc) is 3.16. The van der Waals surface area contributed by atoms with Crippen molar-refractivity contribution in [1.82, 2.24) is 5.43 Å². The van der Waals surface area contributed by atoms with Crippen molar-refractivity contribution in [2.45, 2.75) is 6.92 Å². The normalized spacial score (nSPS) is 11.4. The molecule has 0 fully saturated rings. The van der Waals surface area contributed by atoms with Crippen molar-refractivity contribution in [2.24, 2.45) is 5.10 Å². The molecule has 1 amide bonds. The minimum atomic E-state index is -0.454. The number of nitrogens with one attached hydrogen (secondary N) is 1. The van der Waals surface area contributed by atoms with Crippen molar-refractivity contribution >= 4 is 57.1 Å². The van der Waals surface area contributed by atoms with E-state index in [1.165, 1.54) is 6.21 Å². The third kappa shape index (κ3) is 3.92. The first kappa shape index (κ1) is 19.3. The molecule has 0 atom stereocenters. The Labute approximate surface area is 176 Å². The van der Waals surface area contributed by atoms with Gasteiger partial charge in [-0.05, 0) is 47.5 Å². The largest absolute Gasteiger partial charge is 0.491 e. The molecule has 0 bridgehead atoms. The van der Waals surface area contributed by atoms with Crippen molar-refractivity contribution in [3.8, 4) is 5.75 Å². The highest BCUT2D eigenvalue weighted by molar-refractivity contribution is 6.37. The van der Waals surface area contributed by atoms with Crippen molar-refractivity contribution in [1.29, 1.82) is 0 Å². The number of ether oxygens (including phenoxy) is 1. The molecule has 3 aromatic carbocycles. The maximum absolute atomic E-state index is 12.4. The average molecular weight is 427 g/mol. The summed E-state index contributed by atoms with van der Waals surface area (Å²) in [6.07, 6.45) is 1.45. The summed E-state index contributed by atoms with van der Waals surface area (Å²) in [4.78, 5) is 12.4. The molecule has 0 saturated carbocycles. The van der Waals surface area contributed by atoms with Crippen LogP contribution in [0, 0.1) is 0 Å². The summed E-state index contributed by atoms with van der Waals surface area (Å²) >= 11 is 12.3. The lowest BCUT2D eigenvalue weighted by Crippen LogP contribution is -2.16. The van der Waals surface area contributed by atoms with Crippen LogP contribution in [0.25, 0.3) is 21.7 Å². The smallest absolute Gasteiger partial charge is 0.307 e. The van der Waals surface area contributed by atoms with Gasteiger partial charge in [0.05, 0.1) is 22.9 Å². The van der Waals surface area contributed by atoms with Gasteiger partial charge in [-0.25, -0.2) is 5.43 Å². The maximum Gasteiger partial charge on any atom is 0.307 e. The Balaban J connectivity index is 1.53. The Hall–Kier alpha value is -3.02. The van der Waals surface area contributed by atoms with Crippen molar-refractivity contribution in [2.75, 3.05) is 6.61 Å². The number of halogens is 2. The van der Waals surface area contributed by atoms with Crippen molar-refractivity contribution in [3.63, 3.8) is 0 Å². The summed E-state index contributed by atoms with van der Waals surface area (Å²) in [6.45, 7) is 2.30. The van der Waals surface area contributed by atoms with E-state index in [-0.39, 0.29) is 5.76 Å². The quantitative estimate of drug-likeness (QED) is 0.311. The van der Waals surface area contributed by atoms with E-state index >= 15 is 0 Å². The van der Waals surface area contributed by atoms with Crippen LogP contribution >= 0.6 is 23.2 Å². The molecule has 0 spiro atoms. The molecular weight excluding hydrogens is 411 g/mol. The van der Waals surface area contributed by atoms with Crippen LogP contribution in [0.4, 0.5) is 0 Å². The highest BCUT2D eigenvalue weighted by Crippen LogP contribution is 2.33. The molecule has 1 aromatic heterocycles. The van der Waals surface area contributed by atoms with Crippen molar-refractivity contribution in [3.05, 3.63) is 76.0 Å². The second-order valence-corrected chi connectivity index (χ2v) is 7.07. The van der Waals surface area contributed by atoms with Gasteiger partial charge in [0, 0.05) is 5.39 Å². The summed E-state index contributed by atoms with van der Waals surface area (Å²) < 4.78 is 11.1. The van der Waals surface area contributed by atoms with Gasteiger partial charge in [-0.2, -0.15) is 5.10 Å². The van der Waals surface area contributed by atoms with Crippen LogP contribution < -0.4 is 10.2 Å². The number of hydrazone groups is 1. The van der Waals surface area contributed by atoms with E-state index in [0.717, 1.165) is 16.2 Å². The number of hydrogen-bond donors (Lipinski definition) is 1. The second kappa shape index (κ2) is 8.15. The van der Waals surface area contributed by atoms with Crippen LogP contribution in [0.2, 0.25) is 10.0 Å². The number of nitrogens with zero attached hydrogens (tertiary/aromatic N) is 1. The molecule has 1 heterocycles. The number of furan rings is 1. The molecule has 0 unspecified atom stereocenters. The summed E-state index contributed by atoms with van der Waals surface area (Å²) in [7, 11) is 0. The first-order valence-electron chi connectivity index (χ1n) is 8.93. The van der Waals surface area contributed by atoms with Gasteiger partial charge in [-0.1, -0.05) is 53.5 Å². The van der Waals surface area contributed by atoms with Crippen molar-refractivity contribution < 1.29 is 13.9 Å². The summed E-state index contributed by atoms with van der Waals surface area (Å²) in [5.74, 6) is 0.146. The number of hydrogen-bond acceptors (Lipinski definition) is 4. The molecule has 4 rings (SSSR count). The van der Waals surface area contributed by atoms with Gasteiger partial charge < -0.3 is 9.15 Å². The van der Waals surface area contributed by atoms with E-state index in [2.05, 4.69) is 10.5 Å². The summed E-state index contributed by atoms with van der Waals surface area (Å²) in [5, 5.41) is 7.69. The number of carbonyl (C=O) groups excluding carboxylic acids is 1. The molecule has 0 aliphatic rings. The maximum atomic E-state index is 12.4. The molecule has 146 valence electrons. The predicted octanol–water partition coefficient (Wildman–Crippen LogP) is 6.06. The van der Waals surface area contributed by atoms with E-state index < -0.39 is 5.91 Å². The second-order valence-electron chi connectivity index (χ2n) is 6.25. The van der Waals surface area contributed by atoms with Crippen LogP contribution in [0.3, 0.4) is 0 Å². The van der Waals surface area contributed by atoms with Gasteiger partial charge in [0.25, 0.3) is 0 Å². The molecule has 4 aromatic rings. The van der Waals surface area contributed by atoms with Gasteiger partial charge in [-0.3, -0.25) is 4.79 Å². The minimum absolute atomic E-state index is 0.177. The van der Waals surface area contributed by atoms with E-state index in [4.69, 9.17) is 32.4 Å². The van der Waals surface area contributed by atoms with E-state index in [9.17, 15) is 4.79 Å². The molecule has 7 heteroatoms. The van der Waals surface area contributed by atoms with Crippen LogP contribution in [-0.2, 0) is 0 Å². The predicted molar refractivity (Wildman–Crippen MR) is 116 cm³/mol. The highest BCUT2D eigenvalue weighted by Gasteiger charge is 2.13.